The quantitative estimate of drug-likeness (QED) is 0.0985. The molecule has 0 bridgehead atoms. The van der Waals surface area contributed by atoms with Crippen LogP contribution < -0.4 is 9.47 Å². The molecule has 0 saturated carbocycles. The Morgan fingerprint density at radius 2 is 1.12 bits per heavy atom. The molecule has 9 nitrogen and oxygen atoms in total. The van der Waals surface area contributed by atoms with Crippen LogP contribution in [0.1, 0.15) is 43.2 Å². The van der Waals surface area contributed by atoms with E-state index in [1.54, 1.807) is 13.8 Å². The average Bonchev–Trinajstić information content (AvgIpc) is 3.38. The van der Waals surface area contributed by atoms with Crippen LogP contribution in [0.5, 0.6) is 11.8 Å². The van der Waals surface area contributed by atoms with Crippen LogP contribution >= 0.6 is 46.4 Å². The first kappa shape index (κ1) is 31.1. The molecule has 4 rings (SSSR count). The van der Waals surface area contributed by atoms with E-state index in [1.165, 1.54) is 57.9 Å². The Balaban J connectivity index is 1.74. The third-order valence-corrected chi connectivity index (χ3v) is 7.03. The molecule has 0 aliphatic heterocycles. The molecule has 0 radical (unpaired) electrons. The third kappa shape index (κ3) is 6.29. The fourth-order valence-electron chi connectivity index (χ4n) is 4.14. The molecule has 0 unspecified atom stereocenters. The molecule has 0 spiro atoms. The first-order valence-corrected chi connectivity index (χ1v) is 13.7. The van der Waals surface area contributed by atoms with E-state index < -0.39 is 17.7 Å². The van der Waals surface area contributed by atoms with Gasteiger partial charge < -0.3 is 9.47 Å². The Bertz CT molecular complexity index is 1630. The normalized spacial score (nSPS) is 10.8. The molecule has 0 saturated heterocycles. The monoisotopic (exact) mass is 646 g/mol. The van der Waals surface area contributed by atoms with E-state index in [1.807, 2.05) is 0 Å². The van der Waals surface area contributed by atoms with Gasteiger partial charge in [0.2, 0.25) is 23.3 Å². The van der Waals surface area contributed by atoms with Crippen molar-refractivity contribution < 1.29 is 23.9 Å². The Kier molecular flexibility index (Phi) is 9.58. The van der Waals surface area contributed by atoms with Crippen molar-refractivity contribution in [2.24, 2.45) is 0 Å². The molecule has 0 N–H and O–H groups in total. The number of aryl methyl sites for hydroxylation is 2. The van der Waals surface area contributed by atoms with E-state index in [9.17, 15) is 14.4 Å². The van der Waals surface area contributed by atoms with E-state index in [2.05, 4.69) is 23.4 Å². The number of hydrogen-bond acceptors (Lipinski definition) is 7. The van der Waals surface area contributed by atoms with E-state index in [-0.39, 0.29) is 68.5 Å². The summed E-state index contributed by atoms with van der Waals surface area (Å²) in [5.74, 6) is -1.55. The highest BCUT2D eigenvalue weighted by Gasteiger charge is 2.31. The van der Waals surface area contributed by atoms with Crippen LogP contribution in [0.15, 0.2) is 61.7 Å². The van der Waals surface area contributed by atoms with E-state index in [4.69, 9.17) is 55.9 Å². The lowest BCUT2D eigenvalue weighted by Gasteiger charge is -2.12. The van der Waals surface area contributed by atoms with Gasteiger partial charge in [-0.05, 0) is 50.2 Å². The second-order valence-corrected chi connectivity index (χ2v) is 10.5. The van der Waals surface area contributed by atoms with E-state index >= 15 is 0 Å². The second-order valence-electron chi connectivity index (χ2n) is 8.83. The maximum absolute atomic E-state index is 13.5. The number of benzene rings is 2. The van der Waals surface area contributed by atoms with Gasteiger partial charge in [0.25, 0.3) is 0 Å². The van der Waals surface area contributed by atoms with Crippen molar-refractivity contribution in [3.05, 3.63) is 115 Å². The highest BCUT2D eigenvalue weighted by molar-refractivity contribution is 6.38. The number of rotatable bonds is 10. The van der Waals surface area contributed by atoms with E-state index in [0.29, 0.717) is 10.0 Å². The van der Waals surface area contributed by atoms with Crippen molar-refractivity contribution in [2.45, 2.75) is 26.9 Å². The minimum Gasteiger partial charge on any atom is -0.375 e. The van der Waals surface area contributed by atoms with Crippen molar-refractivity contribution in [3.63, 3.8) is 0 Å². The number of aromatic nitrogens is 4. The summed E-state index contributed by atoms with van der Waals surface area (Å²) in [6.07, 6.45) is 1.74. The first-order chi connectivity index (χ1) is 20.0. The molecule has 0 aliphatic carbocycles. The first-order valence-electron chi connectivity index (χ1n) is 12.2. The molecule has 2 aromatic carbocycles. The molecular formula is C29H22Cl4N4O5. The lowest BCUT2D eigenvalue weighted by Crippen LogP contribution is -2.21. The number of carbonyl (C=O) groups excluding carboxylic acids is 3. The summed E-state index contributed by atoms with van der Waals surface area (Å²) < 4.78 is 13.7. The van der Waals surface area contributed by atoms with Crippen LogP contribution in [-0.2, 0) is 13.1 Å². The van der Waals surface area contributed by atoms with Crippen molar-refractivity contribution >= 4 is 64.1 Å². The van der Waals surface area contributed by atoms with Gasteiger partial charge in [-0.25, -0.2) is 14.2 Å². The molecule has 0 atom stereocenters. The van der Waals surface area contributed by atoms with Gasteiger partial charge in [-0.3, -0.25) is 9.59 Å². The number of ketones is 2. The smallest absolute Gasteiger partial charge is 0.375 e. The van der Waals surface area contributed by atoms with E-state index in [0.717, 1.165) is 0 Å². The van der Waals surface area contributed by atoms with Crippen molar-refractivity contribution in [1.29, 1.82) is 0 Å². The number of ether oxygens (including phenoxy) is 2. The minimum atomic E-state index is -1.27. The molecule has 0 fully saturated rings. The Morgan fingerprint density at radius 3 is 1.45 bits per heavy atom. The number of allylic oxidation sites excluding steroid dienone is 2. The molecule has 2 aromatic heterocycles. The summed E-state index contributed by atoms with van der Waals surface area (Å²) in [6.45, 7) is 10.7. The van der Waals surface area contributed by atoms with Crippen LogP contribution in [0.4, 0.5) is 4.79 Å². The lowest BCUT2D eigenvalue weighted by atomic mass is 10.0. The van der Waals surface area contributed by atoms with Gasteiger partial charge in [0.15, 0.2) is 0 Å². The maximum Gasteiger partial charge on any atom is 0.522 e. The zero-order chi connectivity index (χ0) is 30.7. The summed E-state index contributed by atoms with van der Waals surface area (Å²) in [4.78, 5) is 40.4. The van der Waals surface area contributed by atoms with Crippen LogP contribution in [0.3, 0.4) is 0 Å². The maximum atomic E-state index is 13.5. The lowest BCUT2D eigenvalue weighted by molar-refractivity contribution is 0.102. The number of halogens is 4. The summed E-state index contributed by atoms with van der Waals surface area (Å²) in [5, 5.41) is 9.52. The minimum absolute atomic E-state index is 0.0296. The second kappa shape index (κ2) is 13.0. The SMILES string of the molecule is C=CCn1nc(C)c(C(=O)c2ccc(Cl)cc2Cl)c1OC(=O)Oc1c(C(=O)c2ccc(Cl)cc2Cl)c(C)nn1CC=C. The largest absolute Gasteiger partial charge is 0.522 e. The van der Waals surface area contributed by atoms with Gasteiger partial charge in [0.05, 0.1) is 34.5 Å². The molecule has 0 aliphatic rings. The van der Waals surface area contributed by atoms with Crippen LogP contribution in [0, 0.1) is 13.8 Å². The topological polar surface area (TPSA) is 105 Å². The van der Waals surface area contributed by atoms with Gasteiger partial charge >= 0.3 is 6.16 Å². The summed E-state index contributed by atoms with van der Waals surface area (Å²) in [5.41, 5.74) is 0.699. The van der Waals surface area contributed by atoms with Gasteiger partial charge in [-0.1, -0.05) is 58.6 Å². The Labute approximate surface area is 260 Å². The number of hydrogen-bond donors (Lipinski definition) is 0. The predicted octanol–water partition coefficient (Wildman–Crippen LogP) is 7.72. The summed E-state index contributed by atoms with van der Waals surface area (Å²) in [6, 6.07) is 8.76. The van der Waals surface area contributed by atoms with Crippen LogP contribution in [-0.4, -0.2) is 37.3 Å². The van der Waals surface area contributed by atoms with Crippen molar-refractivity contribution in [2.75, 3.05) is 0 Å². The molecule has 2 heterocycles. The van der Waals surface area contributed by atoms with Gasteiger partial charge in [0.1, 0.15) is 11.1 Å². The molecule has 4 aromatic rings. The fourth-order valence-corrected chi connectivity index (χ4v) is 5.13. The molecule has 42 heavy (non-hydrogen) atoms. The molecule has 13 heteroatoms. The Hall–Kier alpha value is -3.89. The summed E-state index contributed by atoms with van der Waals surface area (Å²) >= 11 is 24.5. The zero-order valence-corrected chi connectivity index (χ0v) is 25.3. The third-order valence-electron chi connectivity index (χ3n) is 5.93. The molecule has 0 amide bonds. The number of carbonyl (C=O) groups is 3. The number of nitrogens with zero attached hydrogens (tertiary/aromatic N) is 4. The fraction of sp³-hybridized carbons (Fsp3) is 0.138. The standard InChI is InChI=1S/C29H22Cl4N4O5/c1-5-11-36-27(23(15(3)34-36)25(38)19-9-7-17(30)13-21(19)32)41-29(40)42-28-24(16(4)35-37(28)12-6-2)26(39)20-10-8-18(31)14-22(20)33/h5-10,13-14H,1-2,11-12H2,3-4H3. The van der Waals surface area contributed by atoms with Crippen molar-refractivity contribution in [1.82, 2.24) is 19.6 Å². The summed E-state index contributed by atoms with van der Waals surface area (Å²) in [7, 11) is 0. The van der Waals surface area contributed by atoms with Crippen molar-refractivity contribution in [3.8, 4) is 11.8 Å². The predicted molar refractivity (Wildman–Crippen MR) is 161 cm³/mol. The van der Waals surface area contributed by atoms with Gasteiger partial charge in [0, 0.05) is 21.2 Å². The Morgan fingerprint density at radius 1 is 0.738 bits per heavy atom. The highest BCUT2D eigenvalue weighted by Crippen LogP contribution is 2.32. The highest BCUT2D eigenvalue weighted by atomic mass is 35.5. The van der Waals surface area contributed by atoms with Gasteiger partial charge in [-0.15, -0.1) is 13.2 Å². The molecular weight excluding hydrogens is 626 g/mol. The average molecular weight is 648 g/mol. The van der Waals surface area contributed by atoms with Gasteiger partial charge in [-0.2, -0.15) is 10.2 Å². The molecule has 216 valence electrons. The van der Waals surface area contributed by atoms with Crippen LogP contribution in [0.25, 0.3) is 0 Å². The van der Waals surface area contributed by atoms with Crippen LogP contribution in [0.2, 0.25) is 20.1 Å². The zero-order valence-electron chi connectivity index (χ0n) is 22.3.